The SMILES string of the molecule is CN(Cc1ccc(F)c(C#CCCO)c1)CC1CCC1. The fraction of sp³-hybridized carbons (Fsp3) is 0.529. The van der Waals surface area contributed by atoms with E-state index < -0.39 is 0 Å². The number of benzene rings is 1. The first-order chi connectivity index (χ1) is 9.69. The predicted molar refractivity (Wildman–Crippen MR) is 78.7 cm³/mol. The highest BCUT2D eigenvalue weighted by molar-refractivity contribution is 5.38. The van der Waals surface area contributed by atoms with E-state index in [0.717, 1.165) is 24.6 Å². The highest BCUT2D eigenvalue weighted by Crippen LogP contribution is 2.27. The maximum atomic E-state index is 13.6. The van der Waals surface area contributed by atoms with E-state index in [0.29, 0.717) is 12.0 Å². The lowest BCUT2D eigenvalue weighted by atomic mass is 9.85. The first kappa shape index (κ1) is 15.0. The van der Waals surface area contributed by atoms with E-state index in [9.17, 15) is 4.39 Å². The van der Waals surface area contributed by atoms with E-state index in [4.69, 9.17) is 5.11 Å². The summed E-state index contributed by atoms with van der Waals surface area (Å²) in [6, 6.07) is 5.12. The first-order valence-electron chi connectivity index (χ1n) is 7.25. The third-order valence-electron chi connectivity index (χ3n) is 3.74. The van der Waals surface area contributed by atoms with Crippen molar-refractivity contribution in [2.75, 3.05) is 20.2 Å². The van der Waals surface area contributed by atoms with Crippen LogP contribution in [0.2, 0.25) is 0 Å². The fourth-order valence-corrected chi connectivity index (χ4v) is 2.47. The molecule has 108 valence electrons. The normalized spacial score (nSPS) is 14.8. The Balaban J connectivity index is 1.97. The van der Waals surface area contributed by atoms with Crippen molar-refractivity contribution < 1.29 is 9.50 Å². The Kier molecular flexibility index (Phi) is 5.58. The monoisotopic (exact) mass is 275 g/mol. The lowest BCUT2D eigenvalue weighted by Crippen LogP contribution is -2.29. The number of hydrogen-bond acceptors (Lipinski definition) is 2. The molecule has 0 aromatic heterocycles. The van der Waals surface area contributed by atoms with Gasteiger partial charge in [0.15, 0.2) is 0 Å². The van der Waals surface area contributed by atoms with Gasteiger partial charge in [-0.25, -0.2) is 4.39 Å². The summed E-state index contributed by atoms with van der Waals surface area (Å²) < 4.78 is 13.6. The molecular formula is C17H22FNO. The van der Waals surface area contributed by atoms with Crippen LogP contribution in [0.15, 0.2) is 18.2 Å². The van der Waals surface area contributed by atoms with Gasteiger partial charge in [0.05, 0.1) is 12.2 Å². The molecule has 1 aromatic rings. The van der Waals surface area contributed by atoms with Crippen LogP contribution in [0.5, 0.6) is 0 Å². The molecule has 0 unspecified atom stereocenters. The molecule has 2 rings (SSSR count). The van der Waals surface area contributed by atoms with Gasteiger partial charge in [0.25, 0.3) is 0 Å². The Labute approximate surface area is 120 Å². The van der Waals surface area contributed by atoms with Crippen LogP contribution in [-0.4, -0.2) is 30.2 Å². The average Bonchev–Trinajstić information content (AvgIpc) is 2.38. The minimum atomic E-state index is -0.291. The minimum absolute atomic E-state index is 0.0123. The molecule has 2 nitrogen and oxygen atoms in total. The van der Waals surface area contributed by atoms with Crippen LogP contribution < -0.4 is 0 Å². The standard InChI is InChI=1S/C17H22FNO/c1-19(12-14-5-4-6-14)13-15-8-9-17(18)16(11-15)7-2-3-10-20/h8-9,11,14,20H,3-6,10,12-13H2,1H3. The number of nitrogens with zero attached hydrogens (tertiary/aromatic N) is 1. The second-order valence-corrected chi connectivity index (χ2v) is 5.58. The van der Waals surface area contributed by atoms with Gasteiger partial charge < -0.3 is 10.0 Å². The van der Waals surface area contributed by atoms with E-state index in [-0.39, 0.29) is 12.4 Å². The zero-order valence-electron chi connectivity index (χ0n) is 12.0. The Bertz CT molecular complexity index is 499. The van der Waals surface area contributed by atoms with E-state index in [1.54, 1.807) is 0 Å². The second kappa shape index (κ2) is 7.42. The molecule has 1 fully saturated rings. The van der Waals surface area contributed by atoms with Crippen molar-refractivity contribution in [1.82, 2.24) is 4.90 Å². The molecule has 3 heteroatoms. The van der Waals surface area contributed by atoms with E-state index in [2.05, 4.69) is 23.8 Å². The fourth-order valence-electron chi connectivity index (χ4n) is 2.47. The van der Waals surface area contributed by atoms with Crippen molar-refractivity contribution in [2.45, 2.75) is 32.2 Å². The highest BCUT2D eigenvalue weighted by atomic mass is 19.1. The van der Waals surface area contributed by atoms with Crippen LogP contribution in [0, 0.1) is 23.6 Å². The summed E-state index contributed by atoms with van der Waals surface area (Å²) in [4.78, 5) is 2.29. The first-order valence-corrected chi connectivity index (χ1v) is 7.25. The molecule has 1 aliphatic rings. The number of rotatable bonds is 5. The van der Waals surface area contributed by atoms with Crippen molar-refractivity contribution in [1.29, 1.82) is 0 Å². The summed E-state index contributed by atoms with van der Waals surface area (Å²) in [5.41, 5.74) is 1.51. The van der Waals surface area contributed by atoms with Crippen molar-refractivity contribution in [3.8, 4) is 11.8 Å². The van der Waals surface area contributed by atoms with Gasteiger partial charge in [-0.3, -0.25) is 0 Å². The largest absolute Gasteiger partial charge is 0.395 e. The summed E-state index contributed by atoms with van der Waals surface area (Å²) in [6.45, 7) is 1.95. The van der Waals surface area contributed by atoms with Crippen LogP contribution >= 0.6 is 0 Å². The van der Waals surface area contributed by atoms with Gasteiger partial charge in [-0.2, -0.15) is 0 Å². The van der Waals surface area contributed by atoms with Crippen LogP contribution in [0.25, 0.3) is 0 Å². The molecule has 0 heterocycles. The van der Waals surface area contributed by atoms with Crippen LogP contribution in [-0.2, 0) is 6.54 Å². The van der Waals surface area contributed by atoms with E-state index >= 15 is 0 Å². The summed E-state index contributed by atoms with van der Waals surface area (Å²) >= 11 is 0. The highest BCUT2D eigenvalue weighted by Gasteiger charge is 2.19. The van der Waals surface area contributed by atoms with E-state index in [1.807, 2.05) is 12.1 Å². The van der Waals surface area contributed by atoms with Gasteiger partial charge in [-0.15, -0.1) is 0 Å². The Hall–Kier alpha value is -1.37. The Morgan fingerprint density at radius 2 is 2.20 bits per heavy atom. The summed E-state index contributed by atoms with van der Waals surface area (Å²) in [7, 11) is 2.11. The maximum absolute atomic E-state index is 13.6. The molecule has 0 saturated heterocycles. The maximum Gasteiger partial charge on any atom is 0.138 e. The van der Waals surface area contributed by atoms with Gasteiger partial charge >= 0.3 is 0 Å². The van der Waals surface area contributed by atoms with Crippen LogP contribution in [0.1, 0.15) is 36.8 Å². The molecule has 0 spiro atoms. The van der Waals surface area contributed by atoms with Crippen molar-refractivity contribution in [3.05, 3.63) is 35.1 Å². The lowest BCUT2D eigenvalue weighted by Gasteiger charge is -2.30. The molecule has 1 N–H and O–H groups in total. The average molecular weight is 275 g/mol. The molecule has 0 aliphatic heterocycles. The van der Waals surface area contributed by atoms with Crippen LogP contribution in [0.4, 0.5) is 4.39 Å². The number of aliphatic hydroxyl groups excluding tert-OH is 1. The number of halogens is 1. The number of hydrogen-bond donors (Lipinski definition) is 1. The second-order valence-electron chi connectivity index (χ2n) is 5.58. The zero-order chi connectivity index (χ0) is 14.4. The quantitative estimate of drug-likeness (QED) is 0.835. The minimum Gasteiger partial charge on any atom is -0.395 e. The summed E-state index contributed by atoms with van der Waals surface area (Å²) in [5, 5.41) is 8.70. The summed E-state index contributed by atoms with van der Waals surface area (Å²) in [6.07, 6.45) is 4.42. The van der Waals surface area contributed by atoms with Crippen molar-refractivity contribution >= 4 is 0 Å². The Morgan fingerprint density at radius 1 is 1.40 bits per heavy atom. The third kappa shape index (κ3) is 4.33. The van der Waals surface area contributed by atoms with Crippen molar-refractivity contribution in [3.63, 3.8) is 0 Å². The van der Waals surface area contributed by atoms with Crippen molar-refractivity contribution in [2.24, 2.45) is 5.92 Å². The third-order valence-corrected chi connectivity index (χ3v) is 3.74. The summed E-state index contributed by atoms with van der Waals surface area (Å²) in [5.74, 6) is 6.10. The molecule has 1 aromatic carbocycles. The van der Waals surface area contributed by atoms with Gasteiger partial charge in [0.1, 0.15) is 5.82 Å². The molecule has 0 amide bonds. The van der Waals surface area contributed by atoms with Gasteiger partial charge in [0.2, 0.25) is 0 Å². The van der Waals surface area contributed by atoms with E-state index in [1.165, 1.54) is 25.3 Å². The molecule has 1 aliphatic carbocycles. The Morgan fingerprint density at radius 3 is 2.85 bits per heavy atom. The van der Waals surface area contributed by atoms with Crippen LogP contribution in [0.3, 0.4) is 0 Å². The number of aliphatic hydroxyl groups is 1. The molecule has 20 heavy (non-hydrogen) atoms. The topological polar surface area (TPSA) is 23.5 Å². The zero-order valence-corrected chi connectivity index (χ0v) is 12.0. The predicted octanol–water partition coefficient (Wildman–Crippen LogP) is 2.79. The molecule has 0 atom stereocenters. The van der Waals surface area contributed by atoms with Gasteiger partial charge in [-0.05, 0) is 43.5 Å². The van der Waals surface area contributed by atoms with Gasteiger partial charge in [-0.1, -0.05) is 24.3 Å². The molecule has 0 bridgehead atoms. The van der Waals surface area contributed by atoms with Gasteiger partial charge in [0, 0.05) is 19.5 Å². The molecule has 0 radical (unpaired) electrons. The lowest BCUT2D eigenvalue weighted by molar-refractivity contribution is 0.200. The molecule has 1 saturated carbocycles. The molecular weight excluding hydrogens is 253 g/mol. The smallest absolute Gasteiger partial charge is 0.138 e.